The number of amides is 1. The molecule has 2 rings (SSSR count). The normalized spacial score (nSPS) is 10.6. The fraction of sp³-hybridized carbons (Fsp3) is 0.364. The topological polar surface area (TPSA) is 64.6 Å². The molecule has 0 unspecified atom stereocenters. The number of anilines is 1. The lowest BCUT2D eigenvalue weighted by molar-refractivity contribution is -0.118. The van der Waals surface area contributed by atoms with Gasteiger partial charge in [-0.25, -0.2) is 4.79 Å². The van der Waals surface area contributed by atoms with E-state index in [1.54, 1.807) is 24.3 Å². The summed E-state index contributed by atoms with van der Waals surface area (Å²) < 4.78 is 10.9. The van der Waals surface area contributed by atoms with Gasteiger partial charge in [-0.1, -0.05) is 32.0 Å². The van der Waals surface area contributed by atoms with Gasteiger partial charge in [0.2, 0.25) is 0 Å². The first-order valence-electron chi connectivity index (χ1n) is 9.13. The molecule has 0 atom stereocenters. The van der Waals surface area contributed by atoms with Crippen LogP contribution >= 0.6 is 0 Å². The molecule has 0 saturated carbocycles. The van der Waals surface area contributed by atoms with E-state index in [1.807, 2.05) is 32.0 Å². The molecule has 0 aliphatic rings. The van der Waals surface area contributed by atoms with Gasteiger partial charge in [0.1, 0.15) is 5.75 Å². The van der Waals surface area contributed by atoms with Crippen LogP contribution in [0.25, 0.3) is 0 Å². The van der Waals surface area contributed by atoms with Crippen molar-refractivity contribution < 1.29 is 19.1 Å². The summed E-state index contributed by atoms with van der Waals surface area (Å²) in [5.74, 6) is 0.602. The third-order valence-corrected chi connectivity index (χ3v) is 4.09. The molecule has 0 heterocycles. The molecule has 0 saturated heterocycles. The Balaban J connectivity index is 1.85. The smallest absolute Gasteiger partial charge is 0.338 e. The fourth-order valence-corrected chi connectivity index (χ4v) is 2.52. The molecule has 0 radical (unpaired) electrons. The zero-order valence-electron chi connectivity index (χ0n) is 16.4. The molecule has 2 aromatic rings. The van der Waals surface area contributed by atoms with Crippen molar-refractivity contribution in [2.24, 2.45) is 5.92 Å². The van der Waals surface area contributed by atoms with Crippen LogP contribution in [0.4, 0.5) is 5.69 Å². The van der Waals surface area contributed by atoms with Crippen molar-refractivity contribution in [1.82, 2.24) is 0 Å². The largest absolute Gasteiger partial charge is 0.483 e. The van der Waals surface area contributed by atoms with Crippen LogP contribution in [0.3, 0.4) is 0 Å². The first-order valence-corrected chi connectivity index (χ1v) is 9.13. The molecule has 0 bridgehead atoms. The first-order chi connectivity index (χ1) is 12.9. The van der Waals surface area contributed by atoms with Crippen molar-refractivity contribution in [2.75, 3.05) is 18.5 Å². The predicted octanol–water partition coefficient (Wildman–Crippen LogP) is 4.52. The third kappa shape index (κ3) is 6.44. The Hall–Kier alpha value is -2.82. The lowest BCUT2D eigenvalue weighted by Gasteiger charge is -2.12. The van der Waals surface area contributed by atoms with Crippen molar-refractivity contribution in [3.8, 4) is 5.75 Å². The summed E-state index contributed by atoms with van der Waals surface area (Å²) in [4.78, 5) is 24.1. The molecular weight excluding hydrogens is 342 g/mol. The minimum atomic E-state index is -0.355. The minimum absolute atomic E-state index is 0.0787. The van der Waals surface area contributed by atoms with E-state index in [0.29, 0.717) is 23.8 Å². The number of aryl methyl sites for hydroxylation is 2. The molecule has 144 valence electrons. The van der Waals surface area contributed by atoms with E-state index in [2.05, 4.69) is 19.2 Å². The van der Waals surface area contributed by atoms with Gasteiger partial charge < -0.3 is 14.8 Å². The summed E-state index contributed by atoms with van der Waals surface area (Å²) in [5, 5.41) is 2.76. The number of carbonyl (C=O) groups excluding carboxylic acids is 2. The highest BCUT2D eigenvalue weighted by Crippen LogP contribution is 2.22. The quantitative estimate of drug-likeness (QED) is 0.695. The molecule has 0 aliphatic carbocycles. The Morgan fingerprint density at radius 2 is 1.63 bits per heavy atom. The number of hydrogen-bond acceptors (Lipinski definition) is 4. The van der Waals surface area contributed by atoms with E-state index in [9.17, 15) is 9.59 Å². The van der Waals surface area contributed by atoms with Crippen LogP contribution in [0.5, 0.6) is 5.75 Å². The van der Waals surface area contributed by atoms with Crippen LogP contribution in [0.15, 0.2) is 42.5 Å². The van der Waals surface area contributed by atoms with E-state index in [4.69, 9.17) is 9.47 Å². The monoisotopic (exact) mass is 369 g/mol. The molecular formula is C22H27NO4. The lowest BCUT2D eigenvalue weighted by Crippen LogP contribution is -2.20. The number of hydrogen-bond donors (Lipinski definition) is 1. The van der Waals surface area contributed by atoms with Gasteiger partial charge in [0.15, 0.2) is 6.61 Å². The van der Waals surface area contributed by atoms with Crippen molar-refractivity contribution in [1.29, 1.82) is 0 Å². The molecule has 0 aromatic heterocycles. The number of nitrogens with one attached hydrogen (secondary N) is 1. The molecule has 1 amide bonds. The third-order valence-electron chi connectivity index (χ3n) is 4.09. The second kappa shape index (κ2) is 9.76. The van der Waals surface area contributed by atoms with Crippen molar-refractivity contribution in [2.45, 2.75) is 34.1 Å². The molecule has 27 heavy (non-hydrogen) atoms. The Morgan fingerprint density at radius 1 is 1.00 bits per heavy atom. The SMILES string of the molecule is Cc1cccc(C)c1OCC(=O)Nc1ccc(C(=O)OCCC(C)C)cc1. The maximum absolute atomic E-state index is 12.1. The summed E-state index contributed by atoms with van der Waals surface area (Å²) in [5.41, 5.74) is 3.04. The van der Waals surface area contributed by atoms with E-state index in [1.165, 1.54) is 0 Å². The summed E-state index contributed by atoms with van der Waals surface area (Å²) >= 11 is 0. The van der Waals surface area contributed by atoms with Crippen molar-refractivity contribution in [3.63, 3.8) is 0 Å². The second-order valence-corrected chi connectivity index (χ2v) is 6.95. The highest BCUT2D eigenvalue weighted by molar-refractivity contribution is 5.93. The van der Waals surface area contributed by atoms with E-state index in [-0.39, 0.29) is 18.5 Å². The average Bonchev–Trinajstić information content (AvgIpc) is 2.61. The van der Waals surface area contributed by atoms with Crippen LogP contribution in [-0.2, 0) is 9.53 Å². The summed E-state index contributed by atoms with van der Waals surface area (Å²) in [6.45, 7) is 8.37. The molecule has 0 fully saturated rings. The Labute approximate surface area is 160 Å². The number of esters is 1. The van der Waals surface area contributed by atoms with Crippen molar-refractivity contribution in [3.05, 3.63) is 59.2 Å². The van der Waals surface area contributed by atoms with Crippen LogP contribution in [0.1, 0.15) is 41.8 Å². The summed E-state index contributed by atoms with van der Waals surface area (Å²) in [6.07, 6.45) is 0.834. The molecule has 5 heteroatoms. The van der Waals surface area contributed by atoms with E-state index < -0.39 is 0 Å². The number of benzene rings is 2. The van der Waals surface area contributed by atoms with Gasteiger partial charge in [-0.05, 0) is 61.6 Å². The minimum Gasteiger partial charge on any atom is -0.483 e. The Morgan fingerprint density at radius 3 is 2.22 bits per heavy atom. The van der Waals surface area contributed by atoms with Gasteiger partial charge in [-0.15, -0.1) is 0 Å². The van der Waals surface area contributed by atoms with Gasteiger partial charge in [0, 0.05) is 5.69 Å². The maximum Gasteiger partial charge on any atom is 0.338 e. The molecule has 0 spiro atoms. The zero-order chi connectivity index (χ0) is 19.8. The fourth-order valence-electron chi connectivity index (χ4n) is 2.52. The lowest BCUT2D eigenvalue weighted by atomic mass is 10.1. The molecule has 5 nitrogen and oxygen atoms in total. The van der Waals surface area contributed by atoms with Gasteiger partial charge in [0.05, 0.1) is 12.2 Å². The van der Waals surface area contributed by atoms with Gasteiger partial charge >= 0.3 is 5.97 Å². The molecule has 1 N–H and O–H groups in total. The zero-order valence-corrected chi connectivity index (χ0v) is 16.4. The number of para-hydroxylation sites is 1. The van der Waals surface area contributed by atoms with Crippen LogP contribution in [0.2, 0.25) is 0 Å². The van der Waals surface area contributed by atoms with Gasteiger partial charge in [-0.2, -0.15) is 0 Å². The van der Waals surface area contributed by atoms with E-state index >= 15 is 0 Å². The van der Waals surface area contributed by atoms with Crippen LogP contribution in [0, 0.1) is 19.8 Å². The number of ether oxygens (including phenoxy) is 2. The average molecular weight is 369 g/mol. The number of carbonyl (C=O) groups is 2. The highest BCUT2D eigenvalue weighted by atomic mass is 16.5. The van der Waals surface area contributed by atoms with Crippen LogP contribution in [-0.4, -0.2) is 25.1 Å². The first kappa shape index (κ1) is 20.5. The summed E-state index contributed by atoms with van der Waals surface area (Å²) in [6, 6.07) is 12.5. The predicted molar refractivity (Wildman–Crippen MR) is 106 cm³/mol. The Bertz CT molecular complexity index is 761. The second-order valence-electron chi connectivity index (χ2n) is 6.95. The van der Waals surface area contributed by atoms with Gasteiger partial charge in [-0.3, -0.25) is 4.79 Å². The van der Waals surface area contributed by atoms with Crippen LogP contribution < -0.4 is 10.1 Å². The molecule has 0 aliphatic heterocycles. The summed E-state index contributed by atoms with van der Waals surface area (Å²) in [7, 11) is 0. The standard InChI is InChI=1S/C22H27NO4/c1-15(2)12-13-26-22(25)18-8-10-19(11-9-18)23-20(24)14-27-21-16(3)6-5-7-17(21)4/h5-11,15H,12-14H2,1-4H3,(H,23,24). The van der Waals surface area contributed by atoms with Gasteiger partial charge in [0.25, 0.3) is 5.91 Å². The van der Waals surface area contributed by atoms with Crippen molar-refractivity contribution >= 4 is 17.6 Å². The van der Waals surface area contributed by atoms with E-state index in [0.717, 1.165) is 23.3 Å². The maximum atomic E-state index is 12.1. The number of rotatable bonds is 8. The highest BCUT2D eigenvalue weighted by Gasteiger charge is 2.10. The molecule has 2 aromatic carbocycles. The Kier molecular flexibility index (Phi) is 7.41.